The van der Waals surface area contributed by atoms with E-state index in [0.29, 0.717) is 28.1 Å². The third-order valence-electron chi connectivity index (χ3n) is 4.48. The van der Waals surface area contributed by atoms with E-state index in [1.54, 1.807) is 18.2 Å². The van der Waals surface area contributed by atoms with Crippen molar-refractivity contribution in [2.45, 2.75) is 13.5 Å². The van der Waals surface area contributed by atoms with Gasteiger partial charge in [-0.25, -0.2) is 4.39 Å². The van der Waals surface area contributed by atoms with Gasteiger partial charge in [-0.1, -0.05) is 29.8 Å². The first-order valence-corrected chi connectivity index (χ1v) is 9.80. The van der Waals surface area contributed by atoms with Gasteiger partial charge in [-0.3, -0.25) is 9.69 Å². The van der Waals surface area contributed by atoms with Crippen LogP contribution >= 0.6 is 23.8 Å². The zero-order valence-electron chi connectivity index (χ0n) is 15.8. The van der Waals surface area contributed by atoms with Crippen LogP contribution in [0.25, 0.3) is 6.08 Å². The van der Waals surface area contributed by atoms with Crippen LogP contribution in [0.1, 0.15) is 17.1 Å². The third-order valence-corrected chi connectivity index (χ3v) is 5.05. The van der Waals surface area contributed by atoms with Crippen molar-refractivity contribution >= 4 is 46.6 Å². The molecule has 2 heterocycles. The molecule has 0 bridgehead atoms. The number of benzene rings is 2. The zero-order valence-corrected chi connectivity index (χ0v) is 17.4. The molecule has 1 aliphatic rings. The molecular formula is C22H16ClFN2O3S. The number of anilines is 1. The van der Waals surface area contributed by atoms with E-state index in [4.69, 9.17) is 33.0 Å². The van der Waals surface area contributed by atoms with Gasteiger partial charge in [0, 0.05) is 12.1 Å². The van der Waals surface area contributed by atoms with Crippen molar-refractivity contribution in [3.63, 3.8) is 0 Å². The number of rotatable bonds is 5. The molecule has 1 aromatic heterocycles. The predicted octanol–water partition coefficient (Wildman–Crippen LogP) is 5.22. The van der Waals surface area contributed by atoms with Crippen molar-refractivity contribution in [2.75, 3.05) is 4.90 Å². The maximum atomic E-state index is 13.2. The van der Waals surface area contributed by atoms with Gasteiger partial charge in [-0.15, -0.1) is 0 Å². The third kappa shape index (κ3) is 4.08. The predicted molar refractivity (Wildman–Crippen MR) is 117 cm³/mol. The van der Waals surface area contributed by atoms with E-state index in [1.807, 2.05) is 31.2 Å². The number of ether oxygens (including phenoxy) is 1. The van der Waals surface area contributed by atoms with Gasteiger partial charge < -0.3 is 14.5 Å². The Bertz CT molecular complexity index is 1170. The second kappa shape index (κ2) is 8.30. The first kappa shape index (κ1) is 20.1. The largest absolute Gasteiger partial charge is 0.486 e. The summed E-state index contributed by atoms with van der Waals surface area (Å²) in [5.41, 5.74) is 1.99. The maximum Gasteiger partial charge on any atom is 0.281 e. The van der Waals surface area contributed by atoms with Crippen LogP contribution in [0.4, 0.5) is 10.1 Å². The van der Waals surface area contributed by atoms with Gasteiger partial charge in [-0.05, 0) is 55.0 Å². The minimum absolute atomic E-state index is 0.0163. The molecule has 152 valence electrons. The molecule has 1 amide bonds. The number of carbonyl (C=O) groups is 1. The summed E-state index contributed by atoms with van der Waals surface area (Å²) >= 11 is 11.1. The molecule has 0 atom stereocenters. The summed E-state index contributed by atoms with van der Waals surface area (Å²) < 4.78 is 24.5. The average molecular weight is 443 g/mol. The van der Waals surface area contributed by atoms with Crippen molar-refractivity contribution < 1.29 is 18.3 Å². The fourth-order valence-electron chi connectivity index (χ4n) is 2.98. The van der Waals surface area contributed by atoms with Crippen molar-refractivity contribution in [3.05, 3.63) is 88.2 Å². The molecule has 8 heteroatoms. The lowest BCUT2D eigenvalue weighted by Crippen LogP contribution is -2.30. The van der Waals surface area contributed by atoms with E-state index in [0.717, 1.165) is 11.3 Å². The molecule has 4 rings (SSSR count). The Morgan fingerprint density at radius 3 is 2.80 bits per heavy atom. The monoisotopic (exact) mass is 442 g/mol. The number of amides is 1. The number of nitrogens with one attached hydrogen (secondary N) is 1. The SMILES string of the molecule is Cc1ccccc1N1C(=O)/C(=C\c2ccc(COc3ccc(F)c(Cl)c3)o2)NC1=S. The van der Waals surface area contributed by atoms with Crippen LogP contribution in [-0.4, -0.2) is 11.0 Å². The Morgan fingerprint density at radius 1 is 1.23 bits per heavy atom. The maximum absolute atomic E-state index is 13.2. The average Bonchev–Trinajstić information content (AvgIpc) is 3.28. The minimum Gasteiger partial charge on any atom is -0.486 e. The Morgan fingerprint density at radius 2 is 2.03 bits per heavy atom. The highest BCUT2D eigenvalue weighted by molar-refractivity contribution is 7.80. The zero-order chi connectivity index (χ0) is 21.3. The van der Waals surface area contributed by atoms with Crippen molar-refractivity contribution in [1.29, 1.82) is 0 Å². The lowest BCUT2D eigenvalue weighted by molar-refractivity contribution is -0.113. The Kier molecular flexibility index (Phi) is 5.57. The number of thiocarbonyl (C=S) groups is 1. The van der Waals surface area contributed by atoms with E-state index in [1.165, 1.54) is 23.1 Å². The number of halogens is 2. The number of para-hydroxylation sites is 1. The highest BCUT2D eigenvalue weighted by Crippen LogP contribution is 2.26. The molecule has 3 aromatic rings. The summed E-state index contributed by atoms with van der Waals surface area (Å²) in [6.45, 7) is 2.04. The van der Waals surface area contributed by atoms with Crippen LogP contribution in [0.15, 0.2) is 64.7 Å². The van der Waals surface area contributed by atoms with Crippen LogP contribution in [0.3, 0.4) is 0 Å². The number of carbonyl (C=O) groups excluding carboxylic acids is 1. The van der Waals surface area contributed by atoms with Crippen LogP contribution in [0.5, 0.6) is 5.75 Å². The quantitative estimate of drug-likeness (QED) is 0.433. The first-order chi connectivity index (χ1) is 14.4. The molecule has 0 spiro atoms. The summed E-state index contributed by atoms with van der Waals surface area (Å²) in [5, 5.41) is 3.23. The number of aryl methyl sites for hydroxylation is 1. The fourth-order valence-corrected chi connectivity index (χ4v) is 3.44. The van der Waals surface area contributed by atoms with Gasteiger partial charge in [0.1, 0.15) is 35.4 Å². The lowest BCUT2D eigenvalue weighted by Gasteiger charge is -2.16. The number of hydrogen-bond donors (Lipinski definition) is 1. The minimum atomic E-state index is -0.512. The van der Waals surface area contributed by atoms with E-state index in [-0.39, 0.29) is 17.5 Å². The Balaban J connectivity index is 1.47. The molecule has 0 unspecified atom stereocenters. The topological polar surface area (TPSA) is 54.7 Å². The summed E-state index contributed by atoms with van der Waals surface area (Å²) in [6.07, 6.45) is 1.59. The summed E-state index contributed by atoms with van der Waals surface area (Å²) in [4.78, 5) is 14.3. The van der Waals surface area contributed by atoms with Crippen LogP contribution in [-0.2, 0) is 11.4 Å². The summed E-state index contributed by atoms with van der Waals surface area (Å²) in [7, 11) is 0. The van der Waals surface area contributed by atoms with Crippen LogP contribution in [0, 0.1) is 12.7 Å². The molecule has 0 aliphatic carbocycles. The standard InChI is InChI=1S/C22H16ClFN2O3S/c1-13-4-2-3-5-20(13)26-21(27)19(25-22(26)30)11-15-6-7-16(29-15)12-28-14-8-9-18(24)17(23)10-14/h2-11H,12H2,1H3,(H,25,30)/b19-11+. The first-order valence-electron chi connectivity index (χ1n) is 9.02. The Labute approximate surface area is 182 Å². The number of furan rings is 1. The molecule has 0 radical (unpaired) electrons. The number of nitrogens with zero attached hydrogens (tertiary/aromatic N) is 1. The summed E-state index contributed by atoms with van der Waals surface area (Å²) in [6, 6.07) is 15.1. The van der Waals surface area contributed by atoms with Gasteiger partial charge >= 0.3 is 0 Å². The normalized spacial score (nSPS) is 15.0. The summed E-state index contributed by atoms with van der Waals surface area (Å²) in [5.74, 6) is 0.651. The lowest BCUT2D eigenvalue weighted by atomic mass is 10.2. The van der Waals surface area contributed by atoms with Gasteiger partial charge in [0.2, 0.25) is 0 Å². The molecule has 5 nitrogen and oxygen atoms in total. The molecule has 1 N–H and O–H groups in total. The molecule has 1 aliphatic heterocycles. The Hall–Kier alpha value is -3.16. The fraction of sp³-hybridized carbons (Fsp3) is 0.0909. The highest BCUT2D eigenvalue weighted by atomic mass is 35.5. The van der Waals surface area contributed by atoms with Crippen molar-refractivity contribution in [3.8, 4) is 5.75 Å². The van der Waals surface area contributed by atoms with Crippen LogP contribution < -0.4 is 15.0 Å². The highest BCUT2D eigenvalue weighted by Gasteiger charge is 2.32. The molecule has 30 heavy (non-hydrogen) atoms. The second-order valence-electron chi connectivity index (χ2n) is 6.58. The molecule has 1 saturated heterocycles. The molecule has 1 fully saturated rings. The van der Waals surface area contributed by atoms with E-state index >= 15 is 0 Å². The molecule has 0 saturated carbocycles. The molecule has 2 aromatic carbocycles. The van der Waals surface area contributed by atoms with Gasteiger partial charge in [-0.2, -0.15) is 0 Å². The smallest absolute Gasteiger partial charge is 0.281 e. The van der Waals surface area contributed by atoms with E-state index in [2.05, 4.69) is 5.32 Å². The van der Waals surface area contributed by atoms with Gasteiger partial charge in [0.15, 0.2) is 5.11 Å². The van der Waals surface area contributed by atoms with E-state index in [9.17, 15) is 9.18 Å². The van der Waals surface area contributed by atoms with Gasteiger partial charge in [0.25, 0.3) is 5.91 Å². The van der Waals surface area contributed by atoms with Gasteiger partial charge in [0.05, 0.1) is 10.7 Å². The van der Waals surface area contributed by atoms with Crippen molar-refractivity contribution in [2.24, 2.45) is 0 Å². The van der Waals surface area contributed by atoms with E-state index < -0.39 is 5.82 Å². The molecular weight excluding hydrogens is 427 g/mol. The van der Waals surface area contributed by atoms with Crippen LogP contribution in [0.2, 0.25) is 5.02 Å². The number of hydrogen-bond acceptors (Lipinski definition) is 4. The van der Waals surface area contributed by atoms with Crippen molar-refractivity contribution in [1.82, 2.24) is 5.32 Å². The second-order valence-corrected chi connectivity index (χ2v) is 7.38.